The molecule has 11 heavy (non-hydrogen) atoms. The summed E-state index contributed by atoms with van der Waals surface area (Å²) in [6, 6.07) is 8.43. The summed E-state index contributed by atoms with van der Waals surface area (Å²) < 4.78 is 0. The van der Waals surface area contributed by atoms with E-state index in [2.05, 4.69) is 50.3 Å². The molecule has 0 saturated heterocycles. The van der Waals surface area contributed by atoms with Crippen molar-refractivity contribution < 1.29 is 0 Å². The van der Waals surface area contributed by atoms with Gasteiger partial charge >= 0.3 is 0 Å². The van der Waals surface area contributed by atoms with Crippen LogP contribution in [0.25, 0.3) is 0 Å². The lowest BCUT2D eigenvalue weighted by Crippen LogP contribution is -2.10. The third kappa shape index (κ3) is 0.900. The molecule has 0 unspecified atom stereocenters. The highest BCUT2D eigenvalue weighted by Crippen LogP contribution is 2.33. The van der Waals surface area contributed by atoms with Crippen LogP contribution < -0.4 is 0 Å². The molecule has 0 heteroatoms. The highest BCUT2D eigenvalue weighted by molar-refractivity contribution is 5.45. The van der Waals surface area contributed by atoms with Crippen LogP contribution in [0.4, 0.5) is 0 Å². The number of allylic oxidation sites excluding steroid dienone is 1. The molecule has 0 bridgehead atoms. The summed E-state index contributed by atoms with van der Waals surface area (Å²) in [5.74, 6) is 0. The Bertz CT molecular complexity index is 306. The SMILES string of the molecule is CC1(C)C=[C]c2ccccc21. The fourth-order valence-corrected chi connectivity index (χ4v) is 1.51. The smallest absolute Gasteiger partial charge is 0.00908 e. The fraction of sp³-hybridized carbons (Fsp3) is 0.273. The highest BCUT2D eigenvalue weighted by Gasteiger charge is 2.23. The molecule has 1 radical (unpaired) electrons. The Hall–Kier alpha value is -1.04. The van der Waals surface area contributed by atoms with Gasteiger partial charge in [-0.1, -0.05) is 44.2 Å². The predicted molar refractivity (Wildman–Crippen MR) is 46.4 cm³/mol. The van der Waals surface area contributed by atoms with Crippen LogP contribution >= 0.6 is 0 Å². The van der Waals surface area contributed by atoms with Crippen molar-refractivity contribution in [1.82, 2.24) is 0 Å². The summed E-state index contributed by atoms with van der Waals surface area (Å²) in [5.41, 5.74) is 2.83. The van der Waals surface area contributed by atoms with Crippen LogP contribution in [0.2, 0.25) is 0 Å². The van der Waals surface area contributed by atoms with Gasteiger partial charge in [0, 0.05) is 5.41 Å². The molecule has 0 amide bonds. The first-order chi connectivity index (χ1) is 5.20. The average molecular weight is 143 g/mol. The van der Waals surface area contributed by atoms with Gasteiger partial charge in [0.1, 0.15) is 0 Å². The molecular formula is C11H11. The number of benzene rings is 1. The molecule has 0 aromatic heterocycles. The zero-order valence-electron chi connectivity index (χ0n) is 6.89. The number of rotatable bonds is 0. The Morgan fingerprint density at radius 3 is 2.64 bits per heavy atom. The van der Waals surface area contributed by atoms with E-state index < -0.39 is 0 Å². The summed E-state index contributed by atoms with van der Waals surface area (Å²) in [6.07, 6.45) is 5.40. The van der Waals surface area contributed by atoms with E-state index in [4.69, 9.17) is 0 Å². The maximum Gasteiger partial charge on any atom is 0.00908 e. The second-order valence-corrected chi connectivity index (χ2v) is 3.56. The molecule has 0 aliphatic heterocycles. The van der Waals surface area contributed by atoms with E-state index in [1.165, 1.54) is 11.1 Å². The first-order valence-electron chi connectivity index (χ1n) is 3.90. The topological polar surface area (TPSA) is 0 Å². The molecule has 55 valence electrons. The van der Waals surface area contributed by atoms with Gasteiger partial charge in [-0.25, -0.2) is 0 Å². The van der Waals surface area contributed by atoms with Crippen LogP contribution in [0.5, 0.6) is 0 Å². The van der Waals surface area contributed by atoms with Crippen molar-refractivity contribution in [2.24, 2.45) is 0 Å². The zero-order chi connectivity index (χ0) is 7.90. The van der Waals surface area contributed by atoms with Crippen LogP contribution in [-0.4, -0.2) is 0 Å². The van der Waals surface area contributed by atoms with Gasteiger partial charge in [-0.3, -0.25) is 0 Å². The van der Waals surface area contributed by atoms with Crippen molar-refractivity contribution in [1.29, 1.82) is 0 Å². The Kier molecular flexibility index (Phi) is 1.19. The molecular weight excluding hydrogens is 132 g/mol. The Morgan fingerprint density at radius 2 is 1.91 bits per heavy atom. The molecule has 1 aliphatic carbocycles. The standard InChI is InChI=1S/C11H11/c1-11(2)8-7-9-5-3-4-6-10(9)11/h3-6,8H,1-2H3. The quantitative estimate of drug-likeness (QED) is 0.523. The molecule has 0 saturated carbocycles. The second kappa shape index (κ2) is 1.97. The fourth-order valence-electron chi connectivity index (χ4n) is 1.51. The van der Waals surface area contributed by atoms with Gasteiger partial charge in [0.2, 0.25) is 0 Å². The van der Waals surface area contributed by atoms with E-state index >= 15 is 0 Å². The summed E-state index contributed by atoms with van der Waals surface area (Å²) in [4.78, 5) is 0. The monoisotopic (exact) mass is 143 g/mol. The van der Waals surface area contributed by atoms with Crippen LogP contribution in [-0.2, 0) is 5.41 Å². The molecule has 0 N–H and O–H groups in total. The van der Waals surface area contributed by atoms with Gasteiger partial charge in [0.05, 0.1) is 0 Å². The lowest BCUT2D eigenvalue weighted by Gasteiger charge is -2.16. The van der Waals surface area contributed by atoms with Crippen LogP contribution in [0.1, 0.15) is 25.0 Å². The highest BCUT2D eigenvalue weighted by atomic mass is 14.3. The Morgan fingerprint density at radius 1 is 1.18 bits per heavy atom. The zero-order valence-corrected chi connectivity index (χ0v) is 6.89. The molecule has 0 atom stereocenters. The van der Waals surface area contributed by atoms with Crippen molar-refractivity contribution in [2.45, 2.75) is 19.3 Å². The van der Waals surface area contributed by atoms with Crippen LogP contribution in [0.15, 0.2) is 30.3 Å². The van der Waals surface area contributed by atoms with Gasteiger partial charge in [-0.2, -0.15) is 0 Å². The van der Waals surface area contributed by atoms with E-state index in [1.54, 1.807) is 0 Å². The van der Waals surface area contributed by atoms with Gasteiger partial charge in [-0.15, -0.1) is 0 Å². The van der Waals surface area contributed by atoms with Gasteiger partial charge < -0.3 is 0 Å². The van der Waals surface area contributed by atoms with Crippen molar-refractivity contribution in [3.05, 3.63) is 47.5 Å². The summed E-state index contributed by atoms with van der Waals surface area (Å²) in [6.45, 7) is 4.43. The Labute approximate surface area is 67.6 Å². The lowest BCUT2D eigenvalue weighted by atomic mass is 9.87. The normalized spacial score (nSPS) is 18.4. The maximum absolute atomic E-state index is 3.27. The average Bonchev–Trinajstić information content (AvgIpc) is 2.29. The lowest BCUT2D eigenvalue weighted by molar-refractivity contribution is 0.682. The Balaban J connectivity index is 2.64. The summed E-state index contributed by atoms with van der Waals surface area (Å²) >= 11 is 0. The molecule has 2 rings (SSSR count). The van der Waals surface area contributed by atoms with Crippen molar-refractivity contribution >= 4 is 0 Å². The van der Waals surface area contributed by atoms with E-state index in [0.717, 1.165) is 0 Å². The molecule has 0 spiro atoms. The molecule has 1 aromatic carbocycles. The van der Waals surface area contributed by atoms with Crippen LogP contribution in [0.3, 0.4) is 0 Å². The van der Waals surface area contributed by atoms with Crippen LogP contribution in [0, 0.1) is 6.08 Å². The van der Waals surface area contributed by atoms with Gasteiger partial charge in [0.15, 0.2) is 0 Å². The van der Waals surface area contributed by atoms with E-state index in [-0.39, 0.29) is 5.41 Å². The minimum absolute atomic E-state index is 0.191. The van der Waals surface area contributed by atoms with Crippen molar-refractivity contribution in [2.75, 3.05) is 0 Å². The number of fused-ring (bicyclic) bond motifs is 1. The predicted octanol–water partition coefficient (Wildman–Crippen LogP) is 2.69. The first-order valence-corrected chi connectivity index (χ1v) is 3.90. The van der Waals surface area contributed by atoms with Gasteiger partial charge in [0.25, 0.3) is 0 Å². The third-order valence-electron chi connectivity index (χ3n) is 2.21. The first kappa shape index (κ1) is 6.66. The minimum Gasteiger partial charge on any atom is -0.0660 e. The minimum atomic E-state index is 0.191. The summed E-state index contributed by atoms with van der Waals surface area (Å²) in [5, 5.41) is 0. The number of hydrogen-bond donors (Lipinski definition) is 0. The second-order valence-electron chi connectivity index (χ2n) is 3.56. The third-order valence-corrected chi connectivity index (χ3v) is 2.21. The van der Waals surface area contributed by atoms with Crippen molar-refractivity contribution in [3.63, 3.8) is 0 Å². The van der Waals surface area contributed by atoms with Crippen molar-refractivity contribution in [3.8, 4) is 0 Å². The molecule has 0 fully saturated rings. The molecule has 0 nitrogen and oxygen atoms in total. The molecule has 0 heterocycles. The largest absolute Gasteiger partial charge is 0.0660 e. The molecule has 1 aromatic rings. The summed E-state index contributed by atoms with van der Waals surface area (Å²) in [7, 11) is 0. The van der Waals surface area contributed by atoms with E-state index in [1.807, 2.05) is 0 Å². The van der Waals surface area contributed by atoms with E-state index in [0.29, 0.717) is 0 Å². The number of hydrogen-bond acceptors (Lipinski definition) is 0. The molecule has 1 aliphatic rings. The van der Waals surface area contributed by atoms with Gasteiger partial charge in [-0.05, 0) is 17.2 Å². The maximum atomic E-state index is 3.27. The van der Waals surface area contributed by atoms with E-state index in [9.17, 15) is 0 Å².